The van der Waals surface area contributed by atoms with Crippen LogP contribution in [0.2, 0.25) is 0 Å². The smallest absolute Gasteiger partial charge is 0.255 e. The van der Waals surface area contributed by atoms with E-state index in [0.29, 0.717) is 17.2 Å². The first-order chi connectivity index (χ1) is 15.4. The van der Waals surface area contributed by atoms with Crippen LogP contribution in [0.25, 0.3) is 5.69 Å². The Bertz CT molecular complexity index is 1050. The number of nitrogens with one attached hydrogen (secondary N) is 1. The first-order valence-electron chi connectivity index (χ1n) is 11.8. The van der Waals surface area contributed by atoms with Crippen LogP contribution in [0.5, 0.6) is 0 Å². The number of anilines is 1. The summed E-state index contributed by atoms with van der Waals surface area (Å²) >= 11 is 0. The predicted molar refractivity (Wildman–Crippen MR) is 123 cm³/mol. The number of benzene rings is 1. The van der Waals surface area contributed by atoms with Crippen molar-refractivity contribution in [3.8, 4) is 5.69 Å². The average Bonchev–Trinajstić information content (AvgIpc) is 3.52. The van der Waals surface area contributed by atoms with E-state index in [2.05, 4.69) is 9.88 Å². The molecule has 0 saturated heterocycles. The van der Waals surface area contributed by atoms with Gasteiger partial charge in [-0.1, -0.05) is 0 Å². The van der Waals surface area contributed by atoms with E-state index in [1.165, 1.54) is 12.8 Å². The van der Waals surface area contributed by atoms with Crippen LogP contribution in [-0.4, -0.2) is 51.6 Å². The molecule has 2 heterocycles. The zero-order valence-electron chi connectivity index (χ0n) is 18.6. The molecule has 32 heavy (non-hydrogen) atoms. The van der Waals surface area contributed by atoms with Gasteiger partial charge in [0.25, 0.3) is 11.8 Å². The lowest BCUT2D eigenvalue weighted by molar-refractivity contribution is 0.0729. The highest BCUT2D eigenvalue weighted by Crippen LogP contribution is 2.34. The van der Waals surface area contributed by atoms with Gasteiger partial charge in [-0.15, -0.1) is 0 Å². The van der Waals surface area contributed by atoms with E-state index >= 15 is 0 Å². The van der Waals surface area contributed by atoms with E-state index in [9.17, 15) is 14.7 Å². The summed E-state index contributed by atoms with van der Waals surface area (Å²) in [5, 5.41) is 13.3. The molecule has 5 rings (SSSR count). The number of fused-ring (bicyclic) bond motifs is 1. The third-order valence-corrected chi connectivity index (χ3v) is 7.19. The highest BCUT2D eigenvalue weighted by atomic mass is 16.3. The fourth-order valence-corrected chi connectivity index (χ4v) is 5.20. The van der Waals surface area contributed by atoms with Crippen molar-refractivity contribution >= 4 is 17.5 Å². The zero-order valence-corrected chi connectivity index (χ0v) is 18.6. The van der Waals surface area contributed by atoms with Crippen LogP contribution in [0.1, 0.15) is 70.5 Å². The molecule has 0 bridgehead atoms. The molecule has 1 aliphatic heterocycles. The Morgan fingerprint density at radius 1 is 1.19 bits per heavy atom. The number of carbonyl (C=O) groups excluding carboxylic acids is 2. The SMILES string of the molecule is Cc1cn(-c2ccc(C(N)=O)c(NC3CCC(O)CC3)c2)c2c1C(=O)N(CC1CC1)CC2. The number of carbonyl (C=O) groups is 2. The lowest BCUT2D eigenvalue weighted by Crippen LogP contribution is -2.39. The molecule has 2 aromatic rings. The first kappa shape index (κ1) is 21.1. The molecule has 2 amide bonds. The summed E-state index contributed by atoms with van der Waals surface area (Å²) < 4.78 is 2.09. The van der Waals surface area contributed by atoms with Gasteiger partial charge in [-0.05, 0) is 75.1 Å². The zero-order chi connectivity index (χ0) is 22.4. The summed E-state index contributed by atoms with van der Waals surface area (Å²) in [5.74, 6) is 0.354. The van der Waals surface area contributed by atoms with Crippen LogP contribution in [0.4, 0.5) is 5.69 Å². The van der Waals surface area contributed by atoms with Crippen molar-refractivity contribution in [2.24, 2.45) is 11.7 Å². The number of hydrogen-bond donors (Lipinski definition) is 3. The molecule has 2 aliphatic carbocycles. The van der Waals surface area contributed by atoms with Crippen molar-refractivity contribution in [2.75, 3.05) is 18.4 Å². The number of aliphatic hydroxyl groups is 1. The van der Waals surface area contributed by atoms with Crippen molar-refractivity contribution < 1.29 is 14.7 Å². The Morgan fingerprint density at radius 2 is 1.94 bits per heavy atom. The Labute approximate surface area is 188 Å². The Balaban J connectivity index is 1.45. The van der Waals surface area contributed by atoms with Gasteiger partial charge in [0.2, 0.25) is 0 Å². The normalized spacial score (nSPS) is 23.2. The number of nitrogens with two attached hydrogens (primary N) is 1. The highest BCUT2D eigenvalue weighted by Gasteiger charge is 2.33. The number of aliphatic hydroxyl groups excluding tert-OH is 1. The average molecular weight is 437 g/mol. The largest absolute Gasteiger partial charge is 0.393 e. The number of hydrogen-bond acceptors (Lipinski definition) is 4. The summed E-state index contributed by atoms with van der Waals surface area (Å²) in [6, 6.07) is 5.83. The van der Waals surface area contributed by atoms with Gasteiger partial charge < -0.3 is 25.6 Å². The lowest BCUT2D eigenvalue weighted by atomic mass is 9.92. The van der Waals surface area contributed by atoms with Crippen LogP contribution in [0.3, 0.4) is 0 Å². The fraction of sp³-hybridized carbons (Fsp3) is 0.520. The van der Waals surface area contributed by atoms with Crippen LogP contribution >= 0.6 is 0 Å². The number of nitrogens with zero attached hydrogens (tertiary/aromatic N) is 2. The second kappa shape index (κ2) is 8.28. The second-order valence-corrected chi connectivity index (χ2v) is 9.69. The van der Waals surface area contributed by atoms with Crippen LogP contribution in [-0.2, 0) is 6.42 Å². The van der Waals surface area contributed by atoms with Gasteiger partial charge >= 0.3 is 0 Å². The first-order valence-corrected chi connectivity index (χ1v) is 11.8. The molecule has 2 fully saturated rings. The summed E-state index contributed by atoms with van der Waals surface area (Å²) in [4.78, 5) is 27.2. The molecular weight excluding hydrogens is 404 g/mol. The molecule has 3 aliphatic rings. The van der Waals surface area contributed by atoms with Gasteiger partial charge in [-0.25, -0.2) is 0 Å². The summed E-state index contributed by atoms with van der Waals surface area (Å²) in [5.41, 5.74) is 10.6. The summed E-state index contributed by atoms with van der Waals surface area (Å²) in [7, 11) is 0. The number of aryl methyl sites for hydroxylation is 1. The van der Waals surface area contributed by atoms with Crippen LogP contribution < -0.4 is 11.1 Å². The topological polar surface area (TPSA) is 101 Å². The second-order valence-electron chi connectivity index (χ2n) is 9.69. The molecule has 0 radical (unpaired) electrons. The number of aromatic nitrogens is 1. The number of amides is 2. The minimum atomic E-state index is -0.466. The van der Waals surface area contributed by atoms with Gasteiger partial charge in [-0.2, -0.15) is 0 Å². The molecule has 170 valence electrons. The maximum atomic E-state index is 13.2. The molecule has 4 N–H and O–H groups in total. The van der Waals surface area contributed by atoms with Gasteiger partial charge in [0.15, 0.2) is 0 Å². The molecule has 1 aromatic heterocycles. The van der Waals surface area contributed by atoms with E-state index < -0.39 is 5.91 Å². The Hall–Kier alpha value is -2.80. The molecule has 1 aromatic carbocycles. The third-order valence-electron chi connectivity index (χ3n) is 7.19. The van der Waals surface area contributed by atoms with Crippen molar-refractivity contribution in [3.05, 3.63) is 46.8 Å². The van der Waals surface area contributed by atoms with Gasteiger partial charge in [0.1, 0.15) is 0 Å². The number of primary amides is 1. The summed E-state index contributed by atoms with van der Waals surface area (Å²) in [6.45, 7) is 3.62. The molecule has 0 unspecified atom stereocenters. The monoisotopic (exact) mass is 436 g/mol. The van der Waals surface area contributed by atoms with Crippen LogP contribution in [0.15, 0.2) is 24.4 Å². The van der Waals surface area contributed by atoms with Gasteiger partial charge in [0.05, 0.1) is 17.2 Å². The maximum Gasteiger partial charge on any atom is 0.255 e. The fourth-order valence-electron chi connectivity index (χ4n) is 5.20. The number of rotatable bonds is 6. The minimum absolute atomic E-state index is 0.141. The van der Waals surface area contributed by atoms with Gasteiger partial charge in [0, 0.05) is 48.8 Å². The Kier molecular flexibility index (Phi) is 5.45. The highest BCUT2D eigenvalue weighted by molar-refractivity contribution is 5.99. The van der Waals surface area contributed by atoms with Crippen molar-refractivity contribution in [1.29, 1.82) is 0 Å². The third kappa shape index (κ3) is 4.01. The predicted octanol–water partition coefficient (Wildman–Crippen LogP) is 3.01. The molecule has 0 atom stereocenters. The maximum absolute atomic E-state index is 13.2. The Morgan fingerprint density at radius 3 is 2.62 bits per heavy atom. The van der Waals surface area contributed by atoms with E-state index in [1.807, 2.05) is 30.2 Å². The van der Waals surface area contributed by atoms with Crippen molar-refractivity contribution in [1.82, 2.24) is 9.47 Å². The van der Waals surface area contributed by atoms with E-state index in [4.69, 9.17) is 5.73 Å². The lowest BCUT2D eigenvalue weighted by Gasteiger charge is -2.29. The molecule has 0 spiro atoms. The standard InChI is InChI=1S/C25H32N4O3/c1-15-13-29(22-10-11-28(14-16-2-3-16)25(32)23(15)22)18-6-9-20(24(26)31)21(12-18)27-17-4-7-19(30)8-5-17/h6,9,12-13,16-17,19,27,30H,2-5,7-8,10-11,14H2,1H3,(H2,26,31). The molecule has 7 heteroatoms. The molecular formula is C25H32N4O3. The van der Waals surface area contributed by atoms with Crippen molar-refractivity contribution in [2.45, 2.75) is 64.0 Å². The van der Waals surface area contributed by atoms with Gasteiger partial charge in [-0.3, -0.25) is 9.59 Å². The molecule has 7 nitrogen and oxygen atoms in total. The molecule has 2 saturated carbocycles. The minimum Gasteiger partial charge on any atom is -0.393 e. The summed E-state index contributed by atoms with van der Waals surface area (Å²) in [6.07, 6.45) is 8.31. The van der Waals surface area contributed by atoms with Crippen LogP contribution in [0, 0.1) is 12.8 Å². The van der Waals surface area contributed by atoms with E-state index in [1.54, 1.807) is 6.07 Å². The van der Waals surface area contributed by atoms with E-state index in [-0.39, 0.29) is 18.1 Å². The van der Waals surface area contributed by atoms with Crippen molar-refractivity contribution in [3.63, 3.8) is 0 Å². The quantitative estimate of drug-likeness (QED) is 0.648. The van der Waals surface area contributed by atoms with E-state index in [0.717, 1.165) is 67.7 Å².